The molecule has 21 heavy (non-hydrogen) atoms. The van der Waals surface area contributed by atoms with Crippen LogP contribution in [0.2, 0.25) is 0 Å². The normalized spacial score (nSPS) is 10.9. The number of ether oxygens (including phenoxy) is 1. The summed E-state index contributed by atoms with van der Waals surface area (Å²) in [7, 11) is 1.57. The second kappa shape index (κ2) is 7.64. The molecular formula is C15H23N3O3. The van der Waals surface area contributed by atoms with Gasteiger partial charge in [0.2, 0.25) is 0 Å². The van der Waals surface area contributed by atoms with Gasteiger partial charge in [-0.05, 0) is 39.0 Å². The van der Waals surface area contributed by atoms with Crippen LogP contribution in [0.5, 0.6) is 0 Å². The molecule has 0 heterocycles. The van der Waals surface area contributed by atoms with E-state index in [-0.39, 0.29) is 17.5 Å². The zero-order valence-electron chi connectivity index (χ0n) is 12.9. The van der Waals surface area contributed by atoms with Crippen LogP contribution in [-0.4, -0.2) is 37.7 Å². The van der Waals surface area contributed by atoms with Crippen molar-refractivity contribution in [1.29, 1.82) is 0 Å². The van der Waals surface area contributed by atoms with E-state index in [1.54, 1.807) is 31.4 Å². The fraction of sp³-hybridized carbons (Fsp3) is 0.467. The van der Waals surface area contributed by atoms with Gasteiger partial charge >= 0.3 is 6.03 Å². The molecule has 0 aliphatic rings. The average Bonchev–Trinajstić information content (AvgIpc) is 2.37. The molecule has 0 radical (unpaired) electrons. The lowest BCUT2D eigenvalue weighted by atomic mass is 10.1. The van der Waals surface area contributed by atoms with Crippen molar-refractivity contribution in [2.24, 2.45) is 0 Å². The van der Waals surface area contributed by atoms with Crippen LogP contribution in [0.25, 0.3) is 0 Å². The lowest BCUT2D eigenvalue weighted by Crippen LogP contribution is -2.40. The van der Waals surface area contributed by atoms with Gasteiger partial charge in [-0.25, -0.2) is 4.79 Å². The van der Waals surface area contributed by atoms with Gasteiger partial charge in [0.15, 0.2) is 0 Å². The summed E-state index contributed by atoms with van der Waals surface area (Å²) in [4.78, 5) is 23.7. The Kier molecular flexibility index (Phi) is 6.17. The highest BCUT2D eigenvalue weighted by atomic mass is 16.5. The zero-order chi connectivity index (χ0) is 15.9. The molecule has 0 bridgehead atoms. The molecule has 1 aromatic carbocycles. The Bertz CT molecular complexity index is 495. The van der Waals surface area contributed by atoms with Gasteiger partial charge in [0.25, 0.3) is 5.91 Å². The molecule has 0 unspecified atom stereocenters. The van der Waals surface area contributed by atoms with Crippen molar-refractivity contribution in [3.8, 4) is 0 Å². The number of rotatable bonds is 5. The number of carbonyl (C=O) groups excluding carboxylic acids is 2. The Morgan fingerprint density at radius 3 is 2.57 bits per heavy atom. The smallest absolute Gasteiger partial charge is 0.319 e. The Hall–Kier alpha value is -2.08. The second-order valence-electron chi connectivity index (χ2n) is 5.66. The van der Waals surface area contributed by atoms with Crippen molar-refractivity contribution >= 4 is 17.6 Å². The maximum atomic E-state index is 12.1. The summed E-state index contributed by atoms with van der Waals surface area (Å²) < 4.78 is 4.84. The number of hydrogen-bond donors (Lipinski definition) is 3. The van der Waals surface area contributed by atoms with E-state index in [1.165, 1.54) is 0 Å². The number of benzene rings is 1. The summed E-state index contributed by atoms with van der Waals surface area (Å²) in [5.74, 6) is -0.175. The molecule has 1 aromatic rings. The number of methoxy groups -OCH3 is 1. The largest absolute Gasteiger partial charge is 0.383 e. The second-order valence-corrected chi connectivity index (χ2v) is 5.66. The summed E-state index contributed by atoms with van der Waals surface area (Å²) in [6, 6.07) is 6.46. The van der Waals surface area contributed by atoms with Crippen LogP contribution in [0, 0.1) is 0 Å². The van der Waals surface area contributed by atoms with Gasteiger partial charge in [0.1, 0.15) is 0 Å². The minimum Gasteiger partial charge on any atom is -0.383 e. The lowest BCUT2D eigenvalue weighted by molar-refractivity contribution is 0.0919. The van der Waals surface area contributed by atoms with Gasteiger partial charge in [-0.3, -0.25) is 4.79 Å². The molecule has 116 valence electrons. The van der Waals surface area contributed by atoms with E-state index in [1.807, 2.05) is 20.8 Å². The fourth-order valence-corrected chi connectivity index (χ4v) is 1.59. The predicted octanol–water partition coefficient (Wildman–Crippen LogP) is 1.98. The van der Waals surface area contributed by atoms with Gasteiger partial charge in [-0.15, -0.1) is 0 Å². The van der Waals surface area contributed by atoms with Crippen molar-refractivity contribution in [1.82, 2.24) is 10.6 Å². The third kappa shape index (κ3) is 6.76. The lowest BCUT2D eigenvalue weighted by Gasteiger charge is -2.20. The maximum absolute atomic E-state index is 12.1. The predicted molar refractivity (Wildman–Crippen MR) is 82.6 cm³/mol. The van der Waals surface area contributed by atoms with E-state index in [0.29, 0.717) is 24.4 Å². The molecule has 3 N–H and O–H groups in total. The van der Waals surface area contributed by atoms with Crippen LogP contribution in [0.4, 0.5) is 10.5 Å². The molecule has 6 nitrogen and oxygen atoms in total. The van der Waals surface area contributed by atoms with Gasteiger partial charge in [0, 0.05) is 30.4 Å². The van der Waals surface area contributed by atoms with Crippen LogP contribution >= 0.6 is 0 Å². The van der Waals surface area contributed by atoms with Crippen LogP contribution in [0.15, 0.2) is 24.3 Å². The SMILES string of the molecule is COCCNC(=O)Nc1cccc(C(=O)NC(C)(C)C)c1. The molecule has 0 saturated heterocycles. The highest BCUT2D eigenvalue weighted by Gasteiger charge is 2.15. The van der Waals surface area contributed by atoms with Crippen molar-refractivity contribution < 1.29 is 14.3 Å². The Balaban J connectivity index is 2.64. The molecule has 0 saturated carbocycles. The minimum absolute atomic E-state index is 0.175. The molecule has 0 atom stereocenters. The summed E-state index contributed by atoms with van der Waals surface area (Å²) in [5.41, 5.74) is 0.754. The maximum Gasteiger partial charge on any atom is 0.319 e. The summed E-state index contributed by atoms with van der Waals surface area (Å²) in [5, 5.41) is 8.19. The summed E-state index contributed by atoms with van der Waals surface area (Å²) in [6.45, 7) is 6.61. The van der Waals surface area contributed by atoms with Crippen molar-refractivity contribution in [3.63, 3.8) is 0 Å². The number of amides is 3. The van der Waals surface area contributed by atoms with Gasteiger partial charge < -0.3 is 20.7 Å². The van der Waals surface area contributed by atoms with E-state index < -0.39 is 0 Å². The number of hydrogen-bond acceptors (Lipinski definition) is 3. The minimum atomic E-state index is -0.333. The first-order chi connectivity index (χ1) is 9.81. The van der Waals surface area contributed by atoms with Gasteiger partial charge in [-0.2, -0.15) is 0 Å². The highest BCUT2D eigenvalue weighted by molar-refractivity contribution is 5.97. The summed E-state index contributed by atoms with van der Waals surface area (Å²) in [6.07, 6.45) is 0. The Morgan fingerprint density at radius 1 is 1.24 bits per heavy atom. The molecule has 3 amide bonds. The molecule has 6 heteroatoms. The quantitative estimate of drug-likeness (QED) is 0.726. The first-order valence-electron chi connectivity index (χ1n) is 6.78. The molecular weight excluding hydrogens is 270 g/mol. The van der Waals surface area contributed by atoms with Crippen LogP contribution in [0.1, 0.15) is 31.1 Å². The molecule has 0 fully saturated rings. The summed E-state index contributed by atoms with van der Waals surface area (Å²) >= 11 is 0. The topological polar surface area (TPSA) is 79.5 Å². The van der Waals surface area contributed by atoms with E-state index in [2.05, 4.69) is 16.0 Å². The highest BCUT2D eigenvalue weighted by Crippen LogP contribution is 2.12. The number of urea groups is 1. The van der Waals surface area contributed by atoms with Crippen molar-refractivity contribution in [2.75, 3.05) is 25.6 Å². The molecule has 0 aliphatic carbocycles. The van der Waals surface area contributed by atoms with E-state index >= 15 is 0 Å². The number of nitrogens with one attached hydrogen (secondary N) is 3. The molecule has 1 rings (SSSR count). The number of anilines is 1. The monoisotopic (exact) mass is 293 g/mol. The molecule has 0 spiro atoms. The molecule has 0 aliphatic heterocycles. The van der Waals surface area contributed by atoms with E-state index in [9.17, 15) is 9.59 Å². The Labute approximate surface area is 125 Å². The average molecular weight is 293 g/mol. The first-order valence-corrected chi connectivity index (χ1v) is 6.78. The van der Waals surface area contributed by atoms with Crippen molar-refractivity contribution in [2.45, 2.75) is 26.3 Å². The van der Waals surface area contributed by atoms with Gasteiger partial charge in [0.05, 0.1) is 6.61 Å². The number of carbonyl (C=O) groups is 2. The van der Waals surface area contributed by atoms with Crippen LogP contribution in [-0.2, 0) is 4.74 Å². The van der Waals surface area contributed by atoms with Crippen LogP contribution < -0.4 is 16.0 Å². The molecule has 0 aromatic heterocycles. The Morgan fingerprint density at radius 2 is 1.95 bits per heavy atom. The van der Waals surface area contributed by atoms with E-state index in [4.69, 9.17) is 4.74 Å². The van der Waals surface area contributed by atoms with Crippen LogP contribution in [0.3, 0.4) is 0 Å². The third-order valence-corrected chi connectivity index (χ3v) is 2.46. The standard InChI is InChI=1S/C15H23N3O3/c1-15(2,3)18-13(19)11-6-5-7-12(10-11)17-14(20)16-8-9-21-4/h5-7,10H,8-9H2,1-4H3,(H,18,19)(H2,16,17,20). The third-order valence-electron chi connectivity index (χ3n) is 2.46. The zero-order valence-corrected chi connectivity index (χ0v) is 12.9. The fourth-order valence-electron chi connectivity index (χ4n) is 1.59. The van der Waals surface area contributed by atoms with Gasteiger partial charge in [-0.1, -0.05) is 6.07 Å². The van der Waals surface area contributed by atoms with Crippen molar-refractivity contribution in [3.05, 3.63) is 29.8 Å². The van der Waals surface area contributed by atoms with E-state index in [0.717, 1.165) is 0 Å². The first kappa shape index (κ1) is 17.0.